The van der Waals surface area contributed by atoms with E-state index in [0.717, 1.165) is 0 Å². The molecule has 0 bridgehead atoms. The van der Waals surface area contributed by atoms with Crippen molar-refractivity contribution < 1.29 is 32.9 Å². The van der Waals surface area contributed by atoms with E-state index in [1.54, 1.807) is 6.92 Å². The van der Waals surface area contributed by atoms with Crippen LogP contribution >= 0.6 is 8.03 Å². The van der Waals surface area contributed by atoms with E-state index in [9.17, 15) is 14.2 Å². The number of esters is 2. The van der Waals surface area contributed by atoms with Gasteiger partial charge in [0.05, 0.1) is 6.42 Å². The molecule has 3 unspecified atom stereocenters. The Morgan fingerprint density at radius 3 is 2.32 bits per heavy atom. The number of rotatable bonds is 10. The van der Waals surface area contributed by atoms with Gasteiger partial charge < -0.3 is 18.7 Å². The first kappa shape index (κ1) is 20.2. The minimum Gasteiger partial charge on any atom is -0.452 e. The summed E-state index contributed by atoms with van der Waals surface area (Å²) in [6, 6.07) is 0. The Labute approximate surface area is 130 Å². The first-order chi connectivity index (χ1) is 10.5. The van der Waals surface area contributed by atoms with E-state index in [0.29, 0.717) is 6.61 Å². The van der Waals surface area contributed by atoms with Crippen molar-refractivity contribution >= 4 is 20.0 Å². The molecule has 0 aliphatic carbocycles. The second kappa shape index (κ2) is 11.8. The standard InChI is InChI=1S/C14H19O7P/c1-5-8-19-13(15)10-12(14(16)20-9-6-2)21-22(17)11(4)18-7-3/h1-2,11-12,22H,7-10H2,3-4H3. The number of ether oxygens (including phenoxy) is 3. The van der Waals surface area contributed by atoms with Gasteiger partial charge in [-0.15, -0.1) is 12.8 Å². The maximum atomic E-state index is 11.9. The molecule has 0 spiro atoms. The van der Waals surface area contributed by atoms with Gasteiger partial charge in [-0.1, -0.05) is 11.8 Å². The van der Waals surface area contributed by atoms with Crippen LogP contribution in [0.5, 0.6) is 0 Å². The molecule has 0 fully saturated rings. The van der Waals surface area contributed by atoms with Crippen LogP contribution in [0.4, 0.5) is 0 Å². The number of carbonyl (C=O) groups is 2. The average molecular weight is 330 g/mol. The molecule has 122 valence electrons. The molecule has 0 heterocycles. The van der Waals surface area contributed by atoms with Gasteiger partial charge in [0.2, 0.25) is 8.03 Å². The molecule has 0 aliphatic heterocycles. The maximum absolute atomic E-state index is 11.9. The van der Waals surface area contributed by atoms with Crippen LogP contribution in [0.15, 0.2) is 0 Å². The van der Waals surface area contributed by atoms with Crippen LogP contribution in [0.2, 0.25) is 0 Å². The van der Waals surface area contributed by atoms with Gasteiger partial charge in [0.1, 0.15) is 5.85 Å². The SMILES string of the molecule is C#CCOC(=O)CC(O[PH](=O)C(C)OCC)C(=O)OCC#C. The highest BCUT2D eigenvalue weighted by molar-refractivity contribution is 7.39. The van der Waals surface area contributed by atoms with Crippen molar-refractivity contribution in [3.8, 4) is 24.7 Å². The predicted molar refractivity (Wildman–Crippen MR) is 79.2 cm³/mol. The Morgan fingerprint density at radius 2 is 1.77 bits per heavy atom. The van der Waals surface area contributed by atoms with Gasteiger partial charge in [-0.2, -0.15) is 0 Å². The lowest BCUT2D eigenvalue weighted by Gasteiger charge is -2.18. The highest BCUT2D eigenvalue weighted by Crippen LogP contribution is 2.33. The lowest BCUT2D eigenvalue weighted by molar-refractivity contribution is -0.156. The van der Waals surface area contributed by atoms with E-state index in [4.69, 9.17) is 22.1 Å². The van der Waals surface area contributed by atoms with Crippen LogP contribution in [0.3, 0.4) is 0 Å². The van der Waals surface area contributed by atoms with Crippen LogP contribution in [-0.4, -0.2) is 43.7 Å². The van der Waals surface area contributed by atoms with Gasteiger partial charge in [-0.3, -0.25) is 9.36 Å². The molecule has 0 aromatic rings. The summed E-state index contributed by atoms with van der Waals surface area (Å²) in [5, 5.41) is 0. The molecule has 7 nitrogen and oxygen atoms in total. The fourth-order valence-corrected chi connectivity index (χ4v) is 2.22. The number of hydrogen-bond donors (Lipinski definition) is 0. The zero-order valence-electron chi connectivity index (χ0n) is 12.5. The zero-order chi connectivity index (χ0) is 17.0. The zero-order valence-corrected chi connectivity index (χ0v) is 13.5. The predicted octanol–water partition coefficient (Wildman–Crippen LogP) is 0.972. The van der Waals surface area contributed by atoms with Crippen molar-refractivity contribution in [3.63, 3.8) is 0 Å². The molecule has 0 N–H and O–H groups in total. The minimum atomic E-state index is -2.74. The number of carbonyl (C=O) groups excluding carboxylic acids is 2. The normalized spacial score (nSPS) is 14.0. The third-order valence-electron chi connectivity index (χ3n) is 2.24. The second-order valence-corrected chi connectivity index (χ2v) is 5.59. The highest BCUT2D eigenvalue weighted by atomic mass is 31.1. The van der Waals surface area contributed by atoms with Crippen molar-refractivity contribution in [2.75, 3.05) is 19.8 Å². The molecule has 0 aromatic heterocycles. The van der Waals surface area contributed by atoms with Crippen molar-refractivity contribution in [3.05, 3.63) is 0 Å². The van der Waals surface area contributed by atoms with E-state index in [2.05, 4.69) is 21.3 Å². The quantitative estimate of drug-likeness (QED) is 0.335. The molecule has 3 atom stereocenters. The topological polar surface area (TPSA) is 88.1 Å². The van der Waals surface area contributed by atoms with Crippen LogP contribution in [0, 0.1) is 24.7 Å². The van der Waals surface area contributed by atoms with Crippen LogP contribution in [-0.2, 0) is 32.9 Å². The summed E-state index contributed by atoms with van der Waals surface area (Å²) < 4.78 is 31.5. The van der Waals surface area contributed by atoms with Gasteiger partial charge in [-0.05, 0) is 13.8 Å². The minimum absolute atomic E-state index is 0.241. The Morgan fingerprint density at radius 1 is 1.18 bits per heavy atom. The summed E-state index contributed by atoms with van der Waals surface area (Å²) in [5.41, 5.74) is 0. The smallest absolute Gasteiger partial charge is 0.337 e. The Kier molecular flexibility index (Phi) is 10.9. The molecule has 0 radical (unpaired) electrons. The summed E-state index contributed by atoms with van der Waals surface area (Å²) in [6.07, 6.45) is 8.05. The Balaban J connectivity index is 4.75. The lowest BCUT2D eigenvalue weighted by atomic mass is 10.2. The number of terminal acetylenes is 2. The lowest BCUT2D eigenvalue weighted by Crippen LogP contribution is -2.29. The van der Waals surface area contributed by atoms with Crippen LogP contribution in [0.25, 0.3) is 0 Å². The summed E-state index contributed by atoms with van der Waals surface area (Å²) >= 11 is 0. The van der Waals surface area contributed by atoms with Crippen molar-refractivity contribution in [2.24, 2.45) is 0 Å². The molecule has 22 heavy (non-hydrogen) atoms. The van der Waals surface area contributed by atoms with Crippen LogP contribution < -0.4 is 0 Å². The van der Waals surface area contributed by atoms with E-state index in [1.165, 1.54) is 6.92 Å². The second-order valence-electron chi connectivity index (χ2n) is 3.90. The van der Waals surface area contributed by atoms with E-state index < -0.39 is 38.3 Å². The maximum Gasteiger partial charge on any atom is 0.337 e. The Hall–Kier alpha value is -1.79. The van der Waals surface area contributed by atoms with Crippen molar-refractivity contribution in [2.45, 2.75) is 32.2 Å². The van der Waals surface area contributed by atoms with Crippen molar-refractivity contribution in [1.82, 2.24) is 0 Å². The molecule has 0 rings (SSSR count). The molecule has 8 heteroatoms. The summed E-state index contributed by atoms with van der Waals surface area (Å²) in [4.78, 5) is 23.3. The van der Waals surface area contributed by atoms with Gasteiger partial charge in [0.25, 0.3) is 0 Å². The van der Waals surface area contributed by atoms with E-state index >= 15 is 0 Å². The molecule has 0 saturated heterocycles. The fourth-order valence-electron chi connectivity index (χ4n) is 1.27. The first-order valence-corrected chi connectivity index (χ1v) is 7.86. The van der Waals surface area contributed by atoms with Gasteiger partial charge in [0, 0.05) is 6.61 Å². The first-order valence-electron chi connectivity index (χ1n) is 6.47. The summed E-state index contributed by atoms with van der Waals surface area (Å²) in [5.74, 6) is 1.82. The van der Waals surface area contributed by atoms with Gasteiger partial charge >= 0.3 is 11.9 Å². The Bertz CT molecular complexity index is 475. The third kappa shape index (κ3) is 8.49. The average Bonchev–Trinajstić information content (AvgIpc) is 2.49. The summed E-state index contributed by atoms with van der Waals surface area (Å²) in [6.45, 7) is 3.06. The molecule has 0 aliphatic rings. The largest absolute Gasteiger partial charge is 0.452 e. The van der Waals surface area contributed by atoms with Gasteiger partial charge in [-0.25, -0.2) is 4.79 Å². The van der Waals surface area contributed by atoms with E-state index in [1.807, 2.05) is 0 Å². The van der Waals surface area contributed by atoms with Crippen LogP contribution in [0.1, 0.15) is 20.3 Å². The molecule has 0 amide bonds. The molecular weight excluding hydrogens is 311 g/mol. The summed E-state index contributed by atoms with van der Waals surface area (Å²) in [7, 11) is -2.74. The fraction of sp³-hybridized carbons (Fsp3) is 0.571. The van der Waals surface area contributed by atoms with Gasteiger partial charge in [0.15, 0.2) is 19.3 Å². The molecular formula is C14H19O7P. The third-order valence-corrected chi connectivity index (χ3v) is 3.58. The highest BCUT2D eigenvalue weighted by Gasteiger charge is 2.28. The van der Waals surface area contributed by atoms with Crippen molar-refractivity contribution in [1.29, 1.82) is 0 Å². The monoisotopic (exact) mass is 330 g/mol. The van der Waals surface area contributed by atoms with E-state index in [-0.39, 0.29) is 13.2 Å². The molecule has 0 saturated carbocycles. The molecule has 0 aromatic carbocycles. The number of hydrogen-bond acceptors (Lipinski definition) is 7.